The van der Waals surface area contributed by atoms with Gasteiger partial charge in [0.05, 0.1) is 10.9 Å². The summed E-state index contributed by atoms with van der Waals surface area (Å²) in [6.07, 6.45) is 0. The van der Waals surface area contributed by atoms with Crippen LogP contribution in [0.25, 0.3) is 0 Å². The topological polar surface area (TPSA) is 16.1 Å². The summed E-state index contributed by atoms with van der Waals surface area (Å²) in [5.74, 6) is 1.71. The molecule has 0 radical (unpaired) electrons. The largest absolute Gasteiger partial charge is 0.309 e. The molecule has 0 aliphatic rings. The molecule has 4 heteroatoms. The monoisotopic (exact) mass is 334 g/mol. The van der Waals surface area contributed by atoms with E-state index in [1.54, 1.807) is 11.5 Å². The van der Waals surface area contributed by atoms with Crippen LogP contribution in [0.5, 0.6) is 0 Å². The van der Waals surface area contributed by atoms with E-state index in [9.17, 15) is 0 Å². The zero-order valence-corrected chi connectivity index (χ0v) is 15.8. The minimum absolute atomic E-state index is 0.396. The van der Waals surface area contributed by atoms with E-state index >= 15 is 0 Å². The zero-order chi connectivity index (χ0) is 16.1. The predicted molar refractivity (Wildman–Crippen MR) is 100 cm³/mol. The summed E-state index contributed by atoms with van der Waals surface area (Å²) < 4.78 is 4.47. The van der Waals surface area contributed by atoms with Crippen molar-refractivity contribution in [3.05, 3.63) is 52.0 Å². The number of aryl methyl sites for hydroxylation is 1. The summed E-state index contributed by atoms with van der Waals surface area (Å²) in [6, 6.07) is 11.4. The second-order valence-corrected chi connectivity index (χ2v) is 8.30. The number of rotatable bonds is 7. The first-order valence-electron chi connectivity index (χ1n) is 7.76. The molecule has 120 valence electrons. The summed E-state index contributed by atoms with van der Waals surface area (Å²) in [5.41, 5.74) is 3.91. The van der Waals surface area contributed by atoms with E-state index in [0.29, 0.717) is 11.2 Å². The van der Waals surface area contributed by atoms with Crippen LogP contribution in [0.4, 0.5) is 0 Å². The third kappa shape index (κ3) is 4.83. The molecule has 0 spiro atoms. The number of thioether (sulfide) groups is 1. The average molecular weight is 335 g/mol. The van der Waals surface area contributed by atoms with Crippen LogP contribution in [-0.4, -0.2) is 35.7 Å². The first-order chi connectivity index (χ1) is 10.5. The number of nitrogens with zero attached hydrogens (tertiary/aromatic N) is 2. The highest BCUT2D eigenvalue weighted by atomic mass is 32.2. The summed E-state index contributed by atoms with van der Waals surface area (Å²) in [6.45, 7) is 7.65. The third-order valence-corrected chi connectivity index (χ3v) is 6.00. The van der Waals surface area contributed by atoms with E-state index in [2.05, 4.69) is 74.5 Å². The number of benzene rings is 1. The summed E-state index contributed by atoms with van der Waals surface area (Å²) >= 11 is 3.65. The Kier molecular flexibility index (Phi) is 6.48. The highest BCUT2D eigenvalue weighted by Gasteiger charge is 2.17. The fourth-order valence-electron chi connectivity index (χ4n) is 2.26. The average Bonchev–Trinajstić information content (AvgIpc) is 2.90. The molecule has 0 saturated carbocycles. The molecule has 0 bridgehead atoms. The van der Waals surface area contributed by atoms with E-state index in [1.165, 1.54) is 16.0 Å². The Bertz CT molecular complexity index is 573. The van der Waals surface area contributed by atoms with Crippen LogP contribution in [0, 0.1) is 6.92 Å². The van der Waals surface area contributed by atoms with Gasteiger partial charge in [0.2, 0.25) is 0 Å². The maximum absolute atomic E-state index is 4.47. The fourth-order valence-corrected chi connectivity index (χ4v) is 4.64. The van der Waals surface area contributed by atoms with E-state index in [0.717, 1.165) is 18.0 Å². The van der Waals surface area contributed by atoms with Crippen LogP contribution in [0.2, 0.25) is 0 Å². The Morgan fingerprint density at radius 2 is 1.77 bits per heavy atom. The Balaban J connectivity index is 2.19. The number of hydrogen-bond acceptors (Lipinski definition) is 4. The van der Waals surface area contributed by atoms with Crippen LogP contribution >= 0.6 is 23.3 Å². The van der Waals surface area contributed by atoms with Gasteiger partial charge in [0.15, 0.2) is 0 Å². The standard InChI is InChI=1S/C18H26N2S2/c1-13(2)15-6-8-16(9-7-15)18(21-11-10-20(4)5)17-12-14(3)19-22-17/h6-9,12-13,18H,10-11H2,1-5H3. The minimum Gasteiger partial charge on any atom is -0.309 e. The van der Waals surface area contributed by atoms with Gasteiger partial charge in [0.25, 0.3) is 0 Å². The molecule has 2 aromatic rings. The fraction of sp³-hybridized carbons (Fsp3) is 0.500. The first-order valence-corrected chi connectivity index (χ1v) is 9.59. The normalized spacial score (nSPS) is 13.0. The Hall–Kier alpha value is -0.840. The lowest BCUT2D eigenvalue weighted by molar-refractivity contribution is 0.437. The molecule has 2 nitrogen and oxygen atoms in total. The van der Waals surface area contributed by atoms with Gasteiger partial charge in [0, 0.05) is 17.2 Å². The van der Waals surface area contributed by atoms with Crippen molar-refractivity contribution in [2.45, 2.75) is 31.9 Å². The summed E-state index contributed by atoms with van der Waals surface area (Å²) in [4.78, 5) is 3.60. The lowest BCUT2D eigenvalue weighted by Crippen LogP contribution is -2.15. The summed E-state index contributed by atoms with van der Waals surface area (Å²) in [7, 11) is 4.26. The molecule has 0 amide bonds. The minimum atomic E-state index is 0.396. The molecule has 1 heterocycles. The smallest absolute Gasteiger partial charge is 0.0656 e. The molecule has 22 heavy (non-hydrogen) atoms. The maximum Gasteiger partial charge on any atom is 0.0656 e. The lowest BCUT2D eigenvalue weighted by atomic mass is 10.0. The molecule has 1 aromatic carbocycles. The molecule has 0 N–H and O–H groups in total. The zero-order valence-electron chi connectivity index (χ0n) is 14.2. The van der Waals surface area contributed by atoms with Crippen molar-refractivity contribution in [1.82, 2.24) is 9.27 Å². The van der Waals surface area contributed by atoms with Crippen LogP contribution in [0.3, 0.4) is 0 Å². The maximum atomic E-state index is 4.47. The van der Waals surface area contributed by atoms with Crippen molar-refractivity contribution in [1.29, 1.82) is 0 Å². The highest BCUT2D eigenvalue weighted by molar-refractivity contribution is 7.99. The van der Waals surface area contributed by atoms with Gasteiger partial charge < -0.3 is 4.90 Å². The Morgan fingerprint density at radius 1 is 1.14 bits per heavy atom. The Morgan fingerprint density at radius 3 is 2.27 bits per heavy atom. The molecule has 1 unspecified atom stereocenters. The van der Waals surface area contributed by atoms with Crippen LogP contribution in [-0.2, 0) is 0 Å². The second-order valence-electron chi connectivity index (χ2n) is 6.25. The van der Waals surface area contributed by atoms with Crippen LogP contribution in [0.1, 0.15) is 46.7 Å². The summed E-state index contributed by atoms with van der Waals surface area (Å²) in [5, 5.41) is 0.396. The number of aromatic nitrogens is 1. The van der Waals surface area contributed by atoms with E-state index in [4.69, 9.17) is 0 Å². The SMILES string of the molecule is Cc1cc(C(SCCN(C)C)c2ccc(C(C)C)cc2)sn1. The van der Waals surface area contributed by atoms with Crippen molar-refractivity contribution in [2.24, 2.45) is 0 Å². The molecule has 2 rings (SSSR count). The Labute approximate surface area is 143 Å². The van der Waals surface area contributed by atoms with Crippen molar-refractivity contribution >= 4 is 23.3 Å². The van der Waals surface area contributed by atoms with Crippen molar-refractivity contribution in [3.63, 3.8) is 0 Å². The molecule has 0 aliphatic carbocycles. The van der Waals surface area contributed by atoms with Gasteiger partial charge in [-0.3, -0.25) is 0 Å². The molecule has 0 fully saturated rings. The van der Waals surface area contributed by atoms with Crippen LogP contribution in [0.15, 0.2) is 30.3 Å². The number of hydrogen-bond donors (Lipinski definition) is 0. The van der Waals surface area contributed by atoms with Crippen molar-refractivity contribution in [2.75, 3.05) is 26.4 Å². The molecule has 0 saturated heterocycles. The van der Waals surface area contributed by atoms with Crippen LogP contribution < -0.4 is 0 Å². The van der Waals surface area contributed by atoms with E-state index in [1.807, 2.05) is 11.8 Å². The van der Waals surface area contributed by atoms with Gasteiger partial charge in [-0.1, -0.05) is 38.1 Å². The van der Waals surface area contributed by atoms with Gasteiger partial charge in [-0.2, -0.15) is 4.37 Å². The van der Waals surface area contributed by atoms with Gasteiger partial charge in [-0.25, -0.2) is 0 Å². The molecular formula is C18H26N2S2. The van der Waals surface area contributed by atoms with Gasteiger partial charge in [-0.05, 0) is 55.7 Å². The molecular weight excluding hydrogens is 308 g/mol. The van der Waals surface area contributed by atoms with Gasteiger partial charge in [-0.15, -0.1) is 11.8 Å². The first kappa shape index (κ1) is 17.5. The highest BCUT2D eigenvalue weighted by Crippen LogP contribution is 2.38. The van der Waals surface area contributed by atoms with E-state index in [-0.39, 0.29) is 0 Å². The third-order valence-electron chi connectivity index (χ3n) is 3.63. The van der Waals surface area contributed by atoms with Gasteiger partial charge >= 0.3 is 0 Å². The van der Waals surface area contributed by atoms with Crippen molar-refractivity contribution < 1.29 is 0 Å². The molecule has 1 aromatic heterocycles. The quantitative estimate of drug-likeness (QED) is 0.712. The second kappa shape index (κ2) is 8.14. The predicted octanol–water partition coefficient (Wildman–Crippen LogP) is 4.96. The van der Waals surface area contributed by atoms with Gasteiger partial charge in [0.1, 0.15) is 0 Å². The molecule has 1 atom stereocenters. The van der Waals surface area contributed by atoms with Crippen molar-refractivity contribution in [3.8, 4) is 0 Å². The molecule has 0 aliphatic heterocycles. The lowest BCUT2D eigenvalue weighted by Gasteiger charge is -2.18. The van der Waals surface area contributed by atoms with E-state index < -0.39 is 0 Å².